The lowest BCUT2D eigenvalue weighted by Crippen LogP contribution is -2.24. The summed E-state index contributed by atoms with van der Waals surface area (Å²) in [5.74, 6) is 0. The van der Waals surface area contributed by atoms with Crippen LogP contribution in [-0.2, 0) is 7.05 Å². The Morgan fingerprint density at radius 1 is 1.38 bits per heavy atom. The molecule has 0 unspecified atom stereocenters. The van der Waals surface area contributed by atoms with E-state index in [1.165, 1.54) is 11.6 Å². The molecule has 0 aliphatic rings. The van der Waals surface area contributed by atoms with Crippen LogP contribution in [0.5, 0.6) is 0 Å². The van der Waals surface area contributed by atoms with Gasteiger partial charge in [-0.3, -0.25) is 14.3 Å². The van der Waals surface area contributed by atoms with Crippen LogP contribution in [0.25, 0.3) is 11.2 Å². The number of fused-ring (bicyclic) bond motifs is 1. The molecule has 13 heavy (non-hydrogen) atoms. The van der Waals surface area contributed by atoms with Gasteiger partial charge in [-0.1, -0.05) is 0 Å². The van der Waals surface area contributed by atoms with Crippen molar-refractivity contribution in [3.63, 3.8) is 0 Å². The zero-order valence-electron chi connectivity index (χ0n) is 6.79. The summed E-state index contributed by atoms with van der Waals surface area (Å²) in [5, 5.41) is 0. The quantitative estimate of drug-likeness (QED) is 0.444. The van der Waals surface area contributed by atoms with Crippen LogP contribution in [0.3, 0.4) is 0 Å². The van der Waals surface area contributed by atoms with Crippen LogP contribution >= 0.6 is 0 Å². The third kappa shape index (κ3) is 1.00. The highest BCUT2D eigenvalue weighted by molar-refractivity contribution is 6.29. The van der Waals surface area contributed by atoms with Crippen molar-refractivity contribution in [3.05, 3.63) is 20.8 Å². The van der Waals surface area contributed by atoms with Crippen molar-refractivity contribution < 1.29 is 0 Å². The van der Waals surface area contributed by atoms with Crippen LogP contribution in [0.1, 0.15) is 0 Å². The smallest absolute Gasteiger partial charge is 0.318 e. The molecule has 2 aromatic rings. The van der Waals surface area contributed by atoms with Gasteiger partial charge < -0.3 is 4.98 Å². The molecule has 64 valence electrons. The lowest BCUT2D eigenvalue weighted by Gasteiger charge is -1.93. The number of rotatable bonds is 0. The Bertz CT molecular complexity index is 578. The lowest BCUT2D eigenvalue weighted by atomic mass is 10.1. The summed E-state index contributed by atoms with van der Waals surface area (Å²) in [5.41, 5.74) is -0.436. The van der Waals surface area contributed by atoms with Crippen molar-refractivity contribution in [3.8, 4) is 0 Å². The molecule has 7 heteroatoms. The largest absolute Gasteiger partial charge is 0.327 e. The molecule has 6 nitrogen and oxygen atoms in total. The Kier molecular flexibility index (Phi) is 1.42. The first-order valence-electron chi connectivity index (χ1n) is 3.54. The van der Waals surface area contributed by atoms with Crippen LogP contribution in [0.4, 0.5) is 0 Å². The first-order valence-corrected chi connectivity index (χ1v) is 3.54. The topological polar surface area (TPSA) is 83.5 Å². The summed E-state index contributed by atoms with van der Waals surface area (Å²) in [4.78, 5) is 30.8. The average Bonchev–Trinajstić information content (AvgIpc) is 2.27. The highest BCUT2D eigenvalue weighted by atomic mass is 16.2. The van der Waals surface area contributed by atoms with Crippen molar-refractivity contribution in [1.82, 2.24) is 19.5 Å². The molecule has 2 N–H and O–H groups in total. The van der Waals surface area contributed by atoms with E-state index in [0.29, 0.717) is 0 Å². The molecule has 2 aromatic heterocycles. The molecule has 0 spiro atoms. The molecule has 0 saturated carbocycles. The summed E-state index contributed by atoms with van der Waals surface area (Å²) < 4.78 is 1.18. The van der Waals surface area contributed by atoms with Gasteiger partial charge in [-0.2, -0.15) is 0 Å². The zero-order chi connectivity index (χ0) is 9.59. The predicted octanol–water partition coefficient (Wildman–Crippen LogP) is -2.26. The van der Waals surface area contributed by atoms with Gasteiger partial charge in [0.25, 0.3) is 5.56 Å². The number of imidazole rings is 1. The van der Waals surface area contributed by atoms with Crippen LogP contribution in [0.15, 0.2) is 9.59 Å². The van der Waals surface area contributed by atoms with Crippen LogP contribution in [-0.4, -0.2) is 27.4 Å². The fraction of sp³-hybridized carbons (Fsp3) is 0.167. The van der Waals surface area contributed by atoms with Crippen LogP contribution < -0.4 is 17.0 Å². The summed E-state index contributed by atoms with van der Waals surface area (Å²) in [6, 6.07) is 0. The minimum absolute atomic E-state index is 0.0145. The van der Waals surface area contributed by atoms with E-state index in [9.17, 15) is 9.59 Å². The number of nitrogens with one attached hydrogen (secondary N) is 2. The van der Waals surface area contributed by atoms with Crippen molar-refractivity contribution >= 4 is 24.7 Å². The zero-order valence-corrected chi connectivity index (χ0v) is 6.79. The molecular weight excluding hydrogens is 171 g/mol. The van der Waals surface area contributed by atoms with Gasteiger partial charge in [-0.25, -0.2) is 9.78 Å². The third-order valence-corrected chi connectivity index (χ3v) is 1.78. The Balaban J connectivity index is 3.12. The van der Waals surface area contributed by atoms with Crippen molar-refractivity contribution in [2.24, 2.45) is 7.05 Å². The van der Waals surface area contributed by atoms with Crippen molar-refractivity contribution in [2.45, 2.75) is 0 Å². The fourth-order valence-electron chi connectivity index (χ4n) is 1.17. The van der Waals surface area contributed by atoms with E-state index >= 15 is 0 Å². The molecule has 0 aliphatic carbocycles. The maximum atomic E-state index is 11.3. The molecule has 0 saturated heterocycles. The highest BCUT2D eigenvalue weighted by Gasteiger charge is 2.07. The normalized spacial score (nSPS) is 10.8. The summed E-state index contributed by atoms with van der Waals surface area (Å²) in [7, 11) is 6.77. The highest BCUT2D eigenvalue weighted by Crippen LogP contribution is 1.94. The number of aryl methyl sites for hydroxylation is 1. The van der Waals surface area contributed by atoms with E-state index in [4.69, 9.17) is 7.85 Å². The second-order valence-corrected chi connectivity index (χ2v) is 2.64. The lowest BCUT2D eigenvalue weighted by molar-refractivity contribution is 0.886. The third-order valence-electron chi connectivity index (χ3n) is 1.78. The number of H-pyrrole nitrogens is 2. The van der Waals surface area contributed by atoms with Gasteiger partial charge in [0.15, 0.2) is 19.0 Å². The molecule has 0 bridgehead atoms. The van der Waals surface area contributed by atoms with E-state index in [-0.39, 0.29) is 16.9 Å². The molecule has 2 rings (SSSR count). The Morgan fingerprint density at radius 2 is 2.08 bits per heavy atom. The average molecular weight is 176 g/mol. The molecule has 0 aliphatic heterocycles. The fourth-order valence-corrected chi connectivity index (χ4v) is 1.17. The second-order valence-electron chi connectivity index (χ2n) is 2.64. The van der Waals surface area contributed by atoms with Crippen LogP contribution in [0, 0.1) is 0 Å². The standard InChI is InChI=1S/C6H5BN4O2/c1-11-2-3(9-6(11)13)8-5(7)10-4(2)12/h1H3,(H2,8,9,10,12,13). The van der Waals surface area contributed by atoms with E-state index in [2.05, 4.69) is 15.0 Å². The monoisotopic (exact) mass is 176 g/mol. The SMILES string of the molecule is [B]c1nc2[nH]c(=O)n(C)c2c(=O)[nH]1. The van der Waals surface area contributed by atoms with E-state index in [1.54, 1.807) is 0 Å². The van der Waals surface area contributed by atoms with Crippen molar-refractivity contribution in [1.29, 1.82) is 0 Å². The molecule has 0 atom stereocenters. The van der Waals surface area contributed by atoms with Crippen molar-refractivity contribution in [2.75, 3.05) is 0 Å². The summed E-state index contributed by atoms with van der Waals surface area (Å²) >= 11 is 0. The Labute approximate surface area is 73.0 Å². The Hall–Kier alpha value is -1.79. The minimum atomic E-state index is -0.427. The molecule has 2 radical (unpaired) electrons. The summed E-state index contributed by atoms with van der Waals surface area (Å²) in [6.45, 7) is 0. The van der Waals surface area contributed by atoms with Gasteiger partial charge in [0.1, 0.15) is 0 Å². The van der Waals surface area contributed by atoms with E-state index < -0.39 is 11.2 Å². The maximum absolute atomic E-state index is 11.3. The molecule has 0 amide bonds. The molecule has 2 heterocycles. The second kappa shape index (κ2) is 2.35. The predicted molar refractivity (Wildman–Crippen MR) is 47.3 cm³/mol. The number of aromatic amines is 2. The Morgan fingerprint density at radius 3 is 2.77 bits per heavy atom. The molecule has 0 fully saturated rings. The summed E-state index contributed by atoms with van der Waals surface area (Å²) in [6.07, 6.45) is 0. The minimum Gasteiger partial charge on any atom is -0.318 e. The van der Waals surface area contributed by atoms with Gasteiger partial charge in [0.2, 0.25) is 0 Å². The number of aromatic nitrogens is 4. The van der Waals surface area contributed by atoms with Gasteiger partial charge in [0.05, 0.1) is 5.72 Å². The first kappa shape index (κ1) is 7.84. The van der Waals surface area contributed by atoms with Gasteiger partial charge >= 0.3 is 5.69 Å². The number of hydrogen-bond donors (Lipinski definition) is 2. The van der Waals surface area contributed by atoms with Gasteiger partial charge in [-0.15, -0.1) is 0 Å². The van der Waals surface area contributed by atoms with E-state index in [0.717, 1.165) is 0 Å². The first-order chi connectivity index (χ1) is 6.09. The van der Waals surface area contributed by atoms with Crippen LogP contribution in [0.2, 0.25) is 0 Å². The van der Waals surface area contributed by atoms with Gasteiger partial charge in [-0.05, 0) is 0 Å². The van der Waals surface area contributed by atoms with E-state index in [1.807, 2.05) is 0 Å². The number of hydrogen-bond acceptors (Lipinski definition) is 3. The molecular formula is C6H5BN4O2. The number of nitrogens with zero attached hydrogens (tertiary/aromatic N) is 2. The molecule has 0 aromatic carbocycles. The maximum Gasteiger partial charge on any atom is 0.327 e. The van der Waals surface area contributed by atoms with Gasteiger partial charge in [0, 0.05) is 7.05 Å².